The normalized spacial score (nSPS) is 11.0. The molecule has 6 heteroatoms. The van der Waals surface area contributed by atoms with Crippen LogP contribution >= 0.6 is 22.9 Å². The molecule has 2 N–H and O–H groups in total. The minimum atomic E-state index is -0.140. The van der Waals surface area contributed by atoms with E-state index >= 15 is 0 Å². The van der Waals surface area contributed by atoms with Gasteiger partial charge in [-0.2, -0.15) is 0 Å². The molecule has 3 heterocycles. The van der Waals surface area contributed by atoms with Crippen molar-refractivity contribution in [3.8, 4) is 22.4 Å². The summed E-state index contributed by atoms with van der Waals surface area (Å²) in [5.74, 6) is -0.140. The Hall–Kier alpha value is -3.54. The summed E-state index contributed by atoms with van der Waals surface area (Å²) in [7, 11) is 0. The molecule has 0 radical (unpaired) electrons. The van der Waals surface area contributed by atoms with Crippen molar-refractivity contribution in [2.24, 2.45) is 0 Å². The van der Waals surface area contributed by atoms with Crippen molar-refractivity contribution < 1.29 is 4.79 Å². The molecule has 5 rings (SSSR count). The molecule has 0 fully saturated rings. The molecule has 4 nitrogen and oxygen atoms in total. The summed E-state index contributed by atoms with van der Waals surface area (Å²) in [6, 6.07) is 22.7. The second-order valence-electron chi connectivity index (χ2n) is 7.02. The summed E-state index contributed by atoms with van der Waals surface area (Å²) >= 11 is 7.28. The molecule has 2 aromatic carbocycles. The highest BCUT2D eigenvalue weighted by Gasteiger charge is 2.22. The highest BCUT2D eigenvalue weighted by molar-refractivity contribution is 7.21. The smallest absolute Gasteiger partial charge is 0.205 e. The van der Waals surface area contributed by atoms with Crippen molar-refractivity contribution >= 4 is 44.6 Å². The number of ketones is 1. The van der Waals surface area contributed by atoms with E-state index in [4.69, 9.17) is 22.3 Å². The summed E-state index contributed by atoms with van der Waals surface area (Å²) in [5.41, 5.74) is 11.2. The molecule has 31 heavy (non-hydrogen) atoms. The van der Waals surface area contributed by atoms with Gasteiger partial charge in [-0.15, -0.1) is 11.3 Å². The van der Waals surface area contributed by atoms with E-state index in [0.29, 0.717) is 21.2 Å². The summed E-state index contributed by atoms with van der Waals surface area (Å²) in [5, 5.41) is 1.37. The van der Waals surface area contributed by atoms with Gasteiger partial charge in [0.25, 0.3) is 0 Å². The first-order valence-electron chi connectivity index (χ1n) is 9.61. The lowest BCUT2D eigenvalue weighted by atomic mass is 9.99. The van der Waals surface area contributed by atoms with Crippen molar-refractivity contribution in [1.29, 1.82) is 0 Å². The predicted octanol–water partition coefficient (Wildman–Crippen LogP) is 6.49. The molecular weight excluding hydrogens is 426 g/mol. The number of fused-ring (bicyclic) bond motifs is 1. The molecule has 0 unspecified atom stereocenters. The van der Waals surface area contributed by atoms with E-state index < -0.39 is 0 Å². The number of carbonyl (C=O) groups excluding carboxylic acids is 1. The minimum Gasteiger partial charge on any atom is -0.397 e. The number of pyridine rings is 2. The largest absolute Gasteiger partial charge is 0.397 e. The van der Waals surface area contributed by atoms with Gasteiger partial charge in [0, 0.05) is 33.9 Å². The number of anilines is 1. The second kappa shape index (κ2) is 7.95. The van der Waals surface area contributed by atoms with Crippen molar-refractivity contribution in [2.45, 2.75) is 0 Å². The Morgan fingerprint density at radius 1 is 0.935 bits per heavy atom. The maximum absolute atomic E-state index is 13.2. The maximum Gasteiger partial charge on any atom is 0.205 e. The van der Waals surface area contributed by atoms with Crippen LogP contribution < -0.4 is 5.73 Å². The fourth-order valence-corrected chi connectivity index (χ4v) is 4.74. The third-order valence-corrected chi connectivity index (χ3v) is 6.40. The van der Waals surface area contributed by atoms with Crippen LogP contribution in [0.3, 0.4) is 0 Å². The van der Waals surface area contributed by atoms with E-state index in [1.807, 2.05) is 48.5 Å². The first kappa shape index (κ1) is 19.4. The highest BCUT2D eigenvalue weighted by Crippen LogP contribution is 2.42. The van der Waals surface area contributed by atoms with Crippen LogP contribution in [0.5, 0.6) is 0 Å². The topological polar surface area (TPSA) is 68.9 Å². The van der Waals surface area contributed by atoms with Gasteiger partial charge in [-0.05, 0) is 53.6 Å². The van der Waals surface area contributed by atoms with Crippen molar-refractivity contribution in [2.75, 3.05) is 5.73 Å². The van der Waals surface area contributed by atoms with Crippen molar-refractivity contribution in [1.82, 2.24) is 9.97 Å². The molecule has 3 aromatic heterocycles. The Morgan fingerprint density at radius 2 is 1.68 bits per heavy atom. The number of nitrogens with zero attached hydrogens (tertiary/aromatic N) is 2. The number of benzene rings is 2. The lowest BCUT2D eigenvalue weighted by Gasteiger charge is -2.08. The zero-order valence-electron chi connectivity index (χ0n) is 16.2. The summed E-state index contributed by atoms with van der Waals surface area (Å²) in [4.78, 5) is 23.4. The Bertz CT molecular complexity index is 1400. The standard InChI is InChI=1S/C25H16ClN3OS/c26-18-10-8-16(9-11-18)23(30)24-22(27)21-19(15-5-2-1-3-6-15)13-20(29-25(21)31-24)17-7-4-12-28-14-17/h1-14H,27H2. The van der Waals surface area contributed by atoms with Gasteiger partial charge >= 0.3 is 0 Å². The van der Waals surface area contributed by atoms with Gasteiger partial charge in [-0.1, -0.05) is 41.9 Å². The first-order chi connectivity index (χ1) is 15.1. The predicted molar refractivity (Wildman–Crippen MR) is 128 cm³/mol. The average Bonchev–Trinajstić information content (AvgIpc) is 3.16. The molecule has 0 bridgehead atoms. The summed E-state index contributed by atoms with van der Waals surface area (Å²) in [6.07, 6.45) is 3.51. The Balaban J connectivity index is 1.75. The monoisotopic (exact) mass is 441 g/mol. The number of hydrogen-bond donors (Lipinski definition) is 1. The quantitative estimate of drug-likeness (QED) is 0.323. The van der Waals surface area contributed by atoms with E-state index in [0.717, 1.165) is 32.6 Å². The van der Waals surface area contributed by atoms with Gasteiger partial charge in [0.05, 0.1) is 11.4 Å². The molecule has 150 valence electrons. The fraction of sp³-hybridized carbons (Fsp3) is 0. The van der Waals surface area contributed by atoms with E-state index in [9.17, 15) is 4.79 Å². The van der Waals surface area contributed by atoms with E-state index in [1.54, 1.807) is 36.7 Å². The van der Waals surface area contributed by atoms with Crippen LogP contribution in [0.4, 0.5) is 5.69 Å². The number of nitrogens with two attached hydrogens (primary N) is 1. The Morgan fingerprint density at radius 3 is 2.39 bits per heavy atom. The maximum atomic E-state index is 13.2. The molecule has 0 saturated carbocycles. The Labute approximate surface area is 188 Å². The number of thiophene rings is 1. The van der Waals surface area contributed by atoms with Gasteiger partial charge in [-0.3, -0.25) is 9.78 Å². The van der Waals surface area contributed by atoms with Crippen LogP contribution in [0, 0.1) is 0 Å². The molecule has 0 spiro atoms. The molecule has 0 amide bonds. The third-order valence-electron chi connectivity index (χ3n) is 5.05. The average molecular weight is 442 g/mol. The summed E-state index contributed by atoms with van der Waals surface area (Å²) < 4.78 is 0. The van der Waals surface area contributed by atoms with Gasteiger partial charge in [0.2, 0.25) is 5.78 Å². The number of rotatable bonds is 4. The zero-order valence-corrected chi connectivity index (χ0v) is 17.8. The number of halogens is 1. The molecule has 0 atom stereocenters. The van der Waals surface area contributed by atoms with Gasteiger partial charge in [-0.25, -0.2) is 4.98 Å². The Kier molecular flexibility index (Phi) is 4.98. The van der Waals surface area contributed by atoms with Gasteiger partial charge in [0.1, 0.15) is 9.71 Å². The van der Waals surface area contributed by atoms with Crippen LogP contribution in [-0.2, 0) is 0 Å². The lowest BCUT2D eigenvalue weighted by Crippen LogP contribution is -2.02. The molecule has 0 aliphatic heterocycles. The van der Waals surface area contributed by atoms with Gasteiger partial charge in [0.15, 0.2) is 0 Å². The second-order valence-corrected chi connectivity index (χ2v) is 8.46. The molecule has 0 aliphatic carbocycles. The van der Waals surface area contributed by atoms with Crippen molar-refractivity contribution in [3.05, 3.63) is 101 Å². The van der Waals surface area contributed by atoms with Crippen LogP contribution in [0.2, 0.25) is 5.02 Å². The van der Waals surface area contributed by atoms with Gasteiger partial charge < -0.3 is 5.73 Å². The van der Waals surface area contributed by atoms with E-state index in [1.165, 1.54) is 11.3 Å². The molecular formula is C25H16ClN3OS. The lowest BCUT2D eigenvalue weighted by molar-refractivity contribution is 0.104. The molecule has 5 aromatic rings. The highest BCUT2D eigenvalue weighted by atomic mass is 35.5. The minimum absolute atomic E-state index is 0.140. The third kappa shape index (κ3) is 3.58. The van der Waals surface area contributed by atoms with Crippen LogP contribution in [0.15, 0.2) is 85.2 Å². The number of hydrogen-bond acceptors (Lipinski definition) is 5. The van der Waals surface area contributed by atoms with Crippen LogP contribution in [0.1, 0.15) is 15.2 Å². The number of nitrogen functional groups attached to an aromatic ring is 1. The molecule has 0 aliphatic rings. The van der Waals surface area contributed by atoms with E-state index in [-0.39, 0.29) is 5.78 Å². The zero-order chi connectivity index (χ0) is 21.4. The van der Waals surface area contributed by atoms with Crippen LogP contribution in [0.25, 0.3) is 32.6 Å². The fourth-order valence-electron chi connectivity index (χ4n) is 3.53. The first-order valence-corrected chi connectivity index (χ1v) is 10.8. The molecule has 0 saturated heterocycles. The number of aromatic nitrogens is 2. The SMILES string of the molecule is Nc1c(C(=O)c2ccc(Cl)cc2)sc2nc(-c3cccnc3)cc(-c3ccccc3)c12. The van der Waals surface area contributed by atoms with Crippen molar-refractivity contribution in [3.63, 3.8) is 0 Å². The number of carbonyl (C=O) groups is 1. The summed E-state index contributed by atoms with van der Waals surface area (Å²) in [6.45, 7) is 0. The van der Waals surface area contributed by atoms with E-state index in [2.05, 4.69) is 4.98 Å². The van der Waals surface area contributed by atoms with Crippen LogP contribution in [-0.4, -0.2) is 15.8 Å².